The van der Waals surface area contributed by atoms with Gasteiger partial charge in [-0.05, 0) is 18.2 Å². The van der Waals surface area contributed by atoms with Crippen LogP contribution >= 0.6 is 34.8 Å². The van der Waals surface area contributed by atoms with Gasteiger partial charge in [-0.15, -0.1) is 0 Å². The quantitative estimate of drug-likeness (QED) is 0.736. The van der Waals surface area contributed by atoms with Crippen LogP contribution < -0.4 is 5.32 Å². The molecule has 2 aromatic rings. The third kappa shape index (κ3) is 2.72. The number of anilines is 1. The molecule has 0 aliphatic carbocycles. The highest BCUT2D eigenvalue weighted by Crippen LogP contribution is 2.35. The summed E-state index contributed by atoms with van der Waals surface area (Å²) >= 11 is 17.2. The van der Waals surface area contributed by atoms with E-state index in [-0.39, 0.29) is 22.2 Å². The molecule has 0 aliphatic rings. The molecule has 2 rings (SSSR count). The molecule has 0 radical (unpaired) electrons. The Kier molecular flexibility index (Phi) is 3.71. The summed E-state index contributed by atoms with van der Waals surface area (Å²) in [5.74, 6) is -0.706. The van der Waals surface area contributed by atoms with E-state index in [1.54, 1.807) is 0 Å². The summed E-state index contributed by atoms with van der Waals surface area (Å²) in [7, 11) is 0. The lowest BCUT2D eigenvalue weighted by molar-refractivity contribution is 0.102. The molecule has 0 aliphatic heterocycles. The van der Waals surface area contributed by atoms with Crippen molar-refractivity contribution in [3.8, 4) is 5.75 Å². The molecule has 1 aromatic heterocycles. The van der Waals surface area contributed by atoms with E-state index >= 15 is 0 Å². The smallest absolute Gasteiger partial charge is 0.272 e. The van der Waals surface area contributed by atoms with Gasteiger partial charge in [0.1, 0.15) is 5.69 Å². The molecule has 1 amide bonds. The zero-order chi connectivity index (χ0) is 13.3. The van der Waals surface area contributed by atoms with Crippen molar-refractivity contribution in [3.63, 3.8) is 0 Å². The van der Waals surface area contributed by atoms with Crippen molar-refractivity contribution in [1.29, 1.82) is 0 Å². The van der Waals surface area contributed by atoms with Crippen LogP contribution in [0.15, 0.2) is 24.4 Å². The van der Waals surface area contributed by atoms with Gasteiger partial charge in [0.05, 0.1) is 15.7 Å². The number of amides is 1. The number of H-pyrrole nitrogens is 1. The molecule has 4 nitrogen and oxygen atoms in total. The molecule has 0 atom stereocenters. The van der Waals surface area contributed by atoms with E-state index in [9.17, 15) is 9.90 Å². The van der Waals surface area contributed by atoms with Gasteiger partial charge in [-0.25, -0.2) is 0 Å². The number of hydrogen-bond acceptors (Lipinski definition) is 2. The first-order valence-electron chi connectivity index (χ1n) is 4.80. The lowest BCUT2D eigenvalue weighted by atomic mass is 10.2. The van der Waals surface area contributed by atoms with Gasteiger partial charge in [-0.2, -0.15) is 0 Å². The van der Waals surface area contributed by atoms with Gasteiger partial charge in [0.2, 0.25) is 0 Å². The van der Waals surface area contributed by atoms with Crippen LogP contribution in [0.5, 0.6) is 5.75 Å². The Morgan fingerprint density at radius 1 is 1.17 bits per heavy atom. The van der Waals surface area contributed by atoms with E-state index in [0.717, 1.165) is 0 Å². The lowest BCUT2D eigenvalue weighted by Crippen LogP contribution is -2.12. The third-order valence-corrected chi connectivity index (χ3v) is 2.89. The minimum absolute atomic E-state index is 0.0577. The molecule has 0 saturated carbocycles. The van der Waals surface area contributed by atoms with E-state index < -0.39 is 5.91 Å². The molecule has 94 valence electrons. The second-order valence-electron chi connectivity index (χ2n) is 3.47. The largest absolute Gasteiger partial charge is 0.504 e. The van der Waals surface area contributed by atoms with Crippen LogP contribution in [-0.4, -0.2) is 16.0 Å². The lowest BCUT2D eigenvalue weighted by Gasteiger charge is -2.08. The predicted molar refractivity (Wildman–Crippen MR) is 71.9 cm³/mol. The Morgan fingerprint density at radius 2 is 1.89 bits per heavy atom. The van der Waals surface area contributed by atoms with E-state index in [1.807, 2.05) is 0 Å². The van der Waals surface area contributed by atoms with Crippen molar-refractivity contribution in [2.24, 2.45) is 0 Å². The summed E-state index contributed by atoms with van der Waals surface area (Å²) in [5.41, 5.74) is 0.388. The Morgan fingerprint density at radius 3 is 2.50 bits per heavy atom. The van der Waals surface area contributed by atoms with E-state index in [1.165, 1.54) is 24.4 Å². The van der Waals surface area contributed by atoms with Crippen LogP contribution in [0.3, 0.4) is 0 Å². The summed E-state index contributed by atoms with van der Waals surface area (Å²) in [6.45, 7) is 0. The maximum Gasteiger partial charge on any atom is 0.272 e. The maximum absolute atomic E-state index is 11.8. The topological polar surface area (TPSA) is 65.1 Å². The van der Waals surface area contributed by atoms with Crippen molar-refractivity contribution in [2.45, 2.75) is 0 Å². The number of benzene rings is 1. The third-order valence-electron chi connectivity index (χ3n) is 2.17. The van der Waals surface area contributed by atoms with E-state index in [0.29, 0.717) is 10.0 Å². The molecule has 0 spiro atoms. The zero-order valence-corrected chi connectivity index (χ0v) is 11.1. The number of phenolic OH excluding ortho intramolecular Hbond substituents is 1. The average Bonchev–Trinajstić information content (AvgIpc) is 2.72. The second-order valence-corrected chi connectivity index (χ2v) is 4.75. The van der Waals surface area contributed by atoms with Crippen molar-refractivity contribution >= 4 is 46.4 Å². The molecule has 7 heteroatoms. The van der Waals surface area contributed by atoms with Gasteiger partial charge in [0.25, 0.3) is 5.91 Å². The van der Waals surface area contributed by atoms with Crippen LogP contribution in [0.25, 0.3) is 0 Å². The Bertz CT molecular complexity index is 610. The number of rotatable bonds is 2. The van der Waals surface area contributed by atoms with E-state index in [2.05, 4.69) is 10.3 Å². The molecular formula is C11H7Cl3N2O2. The van der Waals surface area contributed by atoms with Gasteiger partial charge in [-0.1, -0.05) is 34.8 Å². The zero-order valence-electron chi connectivity index (χ0n) is 8.80. The molecular weight excluding hydrogens is 298 g/mol. The SMILES string of the molecule is O=C(Nc1cc(Cl)cc(Cl)c1O)c1cc(Cl)c[nH]1. The van der Waals surface area contributed by atoms with Crippen LogP contribution in [0, 0.1) is 0 Å². The number of aromatic hydroxyl groups is 1. The van der Waals surface area contributed by atoms with E-state index in [4.69, 9.17) is 34.8 Å². The fourth-order valence-electron chi connectivity index (χ4n) is 1.35. The van der Waals surface area contributed by atoms with Crippen molar-refractivity contribution < 1.29 is 9.90 Å². The van der Waals surface area contributed by atoms with Gasteiger partial charge in [0, 0.05) is 11.2 Å². The summed E-state index contributed by atoms with van der Waals surface area (Å²) in [6.07, 6.45) is 1.47. The highest BCUT2D eigenvalue weighted by molar-refractivity contribution is 6.36. The second kappa shape index (κ2) is 5.10. The van der Waals surface area contributed by atoms with Crippen LogP contribution in [0.1, 0.15) is 10.5 Å². The summed E-state index contributed by atoms with van der Waals surface area (Å²) < 4.78 is 0. The van der Waals surface area contributed by atoms with Crippen molar-refractivity contribution in [2.75, 3.05) is 5.32 Å². The Balaban J connectivity index is 2.27. The molecule has 18 heavy (non-hydrogen) atoms. The van der Waals surface area contributed by atoms with Crippen molar-refractivity contribution in [1.82, 2.24) is 4.98 Å². The maximum atomic E-state index is 11.8. The Hall–Kier alpha value is -1.36. The number of hydrogen-bond donors (Lipinski definition) is 3. The molecule has 1 heterocycles. The number of aromatic nitrogens is 1. The molecule has 1 aromatic carbocycles. The number of aromatic amines is 1. The predicted octanol–water partition coefficient (Wildman–Crippen LogP) is 3.93. The molecule has 0 saturated heterocycles. The fraction of sp³-hybridized carbons (Fsp3) is 0. The van der Waals surface area contributed by atoms with Gasteiger partial charge < -0.3 is 15.4 Å². The first-order valence-corrected chi connectivity index (χ1v) is 5.94. The van der Waals surface area contributed by atoms with Gasteiger partial charge >= 0.3 is 0 Å². The van der Waals surface area contributed by atoms with Crippen LogP contribution in [0.2, 0.25) is 15.1 Å². The first kappa shape index (κ1) is 13.1. The summed E-state index contributed by atoms with van der Waals surface area (Å²) in [6, 6.07) is 4.23. The highest BCUT2D eigenvalue weighted by atomic mass is 35.5. The van der Waals surface area contributed by atoms with Crippen molar-refractivity contribution in [3.05, 3.63) is 45.2 Å². The van der Waals surface area contributed by atoms with Gasteiger partial charge in [0.15, 0.2) is 5.75 Å². The number of phenols is 1. The number of halogens is 3. The minimum Gasteiger partial charge on any atom is -0.504 e. The monoisotopic (exact) mass is 304 g/mol. The fourth-order valence-corrected chi connectivity index (χ4v) is 2.01. The summed E-state index contributed by atoms with van der Waals surface area (Å²) in [4.78, 5) is 14.5. The molecule has 3 N–H and O–H groups in total. The Labute approximate surface area is 117 Å². The molecule has 0 bridgehead atoms. The molecule has 0 fully saturated rings. The normalized spacial score (nSPS) is 10.4. The standard InChI is InChI=1S/C11H7Cl3N2O2/c12-5-1-7(14)10(17)8(2-5)16-11(18)9-3-6(13)4-15-9/h1-4,15,17H,(H,16,18). The first-order chi connectivity index (χ1) is 8.47. The number of carbonyl (C=O) groups excluding carboxylic acids is 1. The highest BCUT2D eigenvalue weighted by Gasteiger charge is 2.13. The minimum atomic E-state index is -0.462. The molecule has 0 unspecified atom stereocenters. The van der Waals surface area contributed by atoms with Crippen LogP contribution in [0.4, 0.5) is 5.69 Å². The van der Waals surface area contributed by atoms with Gasteiger partial charge in [-0.3, -0.25) is 4.79 Å². The summed E-state index contributed by atoms with van der Waals surface area (Å²) in [5, 5.41) is 12.9. The number of nitrogens with one attached hydrogen (secondary N) is 2. The number of carbonyl (C=O) groups is 1. The van der Waals surface area contributed by atoms with Crippen LogP contribution in [-0.2, 0) is 0 Å². The average molecular weight is 306 g/mol.